The van der Waals surface area contributed by atoms with Gasteiger partial charge < -0.3 is 30.8 Å². The number of carbonyl (C=O) groups is 4. The highest BCUT2D eigenvalue weighted by Crippen LogP contribution is 2.31. The maximum atomic E-state index is 12.5. The molecular weight excluding hydrogens is 613 g/mol. The van der Waals surface area contributed by atoms with E-state index in [-0.39, 0.29) is 55.0 Å². The molecule has 0 aliphatic carbocycles. The lowest BCUT2D eigenvalue weighted by Crippen LogP contribution is -2.31. The van der Waals surface area contributed by atoms with Crippen LogP contribution in [0.3, 0.4) is 0 Å². The van der Waals surface area contributed by atoms with E-state index < -0.39 is 11.9 Å². The number of H-pyrrole nitrogens is 2. The molecule has 0 radical (unpaired) electrons. The predicted octanol–water partition coefficient (Wildman–Crippen LogP) is 2.47. The summed E-state index contributed by atoms with van der Waals surface area (Å²) in [4.78, 5) is 55.2. The highest BCUT2D eigenvalue weighted by atomic mass is 32.1. The van der Waals surface area contributed by atoms with Gasteiger partial charge in [0.15, 0.2) is 0 Å². The van der Waals surface area contributed by atoms with Crippen molar-refractivity contribution in [3.05, 3.63) is 67.0 Å². The van der Waals surface area contributed by atoms with Crippen LogP contribution in [0.1, 0.15) is 66.8 Å². The first-order valence-electron chi connectivity index (χ1n) is 15.1. The topological polar surface area (TPSA) is 164 Å². The zero-order valence-electron chi connectivity index (χ0n) is 26.0. The zero-order chi connectivity index (χ0) is 33.0. The molecule has 6 N–H and O–H groups in total. The molecule has 2 amide bonds. The van der Waals surface area contributed by atoms with E-state index in [9.17, 15) is 29.4 Å². The average molecular weight is 655 g/mol. The number of aromatic nitrogens is 2. The second-order valence-corrected chi connectivity index (χ2v) is 12.7. The van der Waals surface area contributed by atoms with Crippen molar-refractivity contribution in [2.45, 2.75) is 78.3 Å². The number of carboxylic acids is 2. The average Bonchev–Trinajstić information content (AvgIpc) is 3.61. The molecule has 4 atom stereocenters. The number of nitrogens with one attached hydrogen (secondary N) is 4. The van der Waals surface area contributed by atoms with Gasteiger partial charge in [0.25, 0.3) is 5.91 Å². The number of aliphatic carboxylic acids is 2. The van der Waals surface area contributed by atoms with Crippen molar-refractivity contribution in [3.63, 3.8) is 0 Å². The highest BCUT2D eigenvalue weighted by molar-refractivity contribution is 7.83. The van der Waals surface area contributed by atoms with Crippen molar-refractivity contribution in [1.29, 1.82) is 0 Å². The van der Waals surface area contributed by atoms with Crippen LogP contribution in [0.4, 0.5) is 0 Å². The van der Waals surface area contributed by atoms with Gasteiger partial charge in [-0.2, -0.15) is 25.3 Å². The van der Waals surface area contributed by atoms with Crippen molar-refractivity contribution >= 4 is 61.2 Å². The smallest absolute Gasteiger partial charge is 0.303 e. The third kappa shape index (κ3) is 7.61. The molecule has 1 unspecified atom stereocenters. The van der Waals surface area contributed by atoms with E-state index in [0.717, 1.165) is 51.0 Å². The van der Waals surface area contributed by atoms with Crippen LogP contribution >= 0.6 is 25.3 Å². The predicted molar refractivity (Wildman–Crippen MR) is 180 cm³/mol. The van der Waals surface area contributed by atoms with Crippen LogP contribution in [0.15, 0.2) is 22.6 Å². The van der Waals surface area contributed by atoms with Crippen LogP contribution in [0.25, 0.3) is 12.2 Å². The quantitative estimate of drug-likeness (QED) is 0.155. The van der Waals surface area contributed by atoms with E-state index in [2.05, 4.69) is 45.9 Å². The second-order valence-electron chi connectivity index (χ2n) is 11.9. The fourth-order valence-corrected chi connectivity index (χ4v) is 6.99. The van der Waals surface area contributed by atoms with Gasteiger partial charge in [0.05, 0.1) is 6.04 Å². The summed E-state index contributed by atoms with van der Waals surface area (Å²) in [6, 6.07) is -0.424. The van der Waals surface area contributed by atoms with Crippen LogP contribution in [-0.2, 0) is 38.4 Å². The molecule has 1 fully saturated rings. The van der Waals surface area contributed by atoms with Gasteiger partial charge in [0, 0.05) is 58.9 Å². The van der Waals surface area contributed by atoms with Gasteiger partial charge >= 0.3 is 11.9 Å². The lowest BCUT2D eigenvalue weighted by Gasteiger charge is -2.20. The molecule has 4 rings (SSSR count). The van der Waals surface area contributed by atoms with Crippen LogP contribution in [0.2, 0.25) is 0 Å². The molecule has 2 aromatic heterocycles. The van der Waals surface area contributed by atoms with Gasteiger partial charge in [-0.1, -0.05) is 6.92 Å². The van der Waals surface area contributed by atoms with Crippen molar-refractivity contribution in [1.82, 2.24) is 20.6 Å². The fourth-order valence-electron chi connectivity index (χ4n) is 6.54. The minimum Gasteiger partial charge on any atom is -0.481 e. The minimum atomic E-state index is -0.916. The summed E-state index contributed by atoms with van der Waals surface area (Å²) in [5, 5.41) is 28.1. The zero-order valence-corrected chi connectivity index (χ0v) is 27.8. The Balaban J connectivity index is 1.83. The van der Waals surface area contributed by atoms with Crippen molar-refractivity contribution in [2.24, 2.45) is 11.8 Å². The maximum absolute atomic E-state index is 12.5. The van der Waals surface area contributed by atoms with E-state index in [1.165, 1.54) is 5.41 Å². The Bertz CT molecular complexity index is 1680. The number of carboxylic acid groups (broad SMARTS) is 2. The highest BCUT2D eigenvalue weighted by Gasteiger charge is 2.39. The molecule has 45 heavy (non-hydrogen) atoms. The molecule has 2 aromatic rings. The summed E-state index contributed by atoms with van der Waals surface area (Å²) in [5.41, 5.74) is 6.57. The number of carbonyl (C=O) groups excluding carboxylic acids is 2. The molecule has 4 heterocycles. The summed E-state index contributed by atoms with van der Waals surface area (Å²) >= 11 is 8.51. The molecular formula is C33H42N4O6S2. The number of hydrogen-bond donors (Lipinski definition) is 8. The van der Waals surface area contributed by atoms with Crippen molar-refractivity contribution < 1.29 is 29.4 Å². The second kappa shape index (κ2) is 14.6. The number of amides is 2. The molecule has 0 bridgehead atoms. The number of aromatic amines is 2. The van der Waals surface area contributed by atoms with Crippen LogP contribution in [0, 0.1) is 25.7 Å². The van der Waals surface area contributed by atoms with Crippen molar-refractivity contribution in [2.75, 3.05) is 5.75 Å². The lowest BCUT2D eigenvalue weighted by atomic mass is 9.86. The summed E-state index contributed by atoms with van der Waals surface area (Å²) in [6.45, 7) is 7.71. The molecule has 0 aromatic carbocycles. The fraction of sp³-hybridized carbons (Fsp3) is 0.455. The minimum absolute atomic E-state index is 0.0277. The first-order valence-corrected chi connectivity index (χ1v) is 16.3. The SMILES string of the molecule is CC1=C(/C=C/S)C(=O)N[C@@H]1/C=c1/[nH]/c(=C\c2[nH]c(CC3NC(=O)[C@H](C)[C@H]3CCS)c(C)c2CCC(=O)O)c(CCC(=O)O)c1C. The normalized spacial score (nSPS) is 22.6. The Morgan fingerprint density at radius 3 is 2.22 bits per heavy atom. The summed E-state index contributed by atoms with van der Waals surface area (Å²) in [7, 11) is 0. The Morgan fingerprint density at radius 1 is 0.933 bits per heavy atom. The Labute approximate surface area is 273 Å². The van der Waals surface area contributed by atoms with Crippen LogP contribution < -0.4 is 21.3 Å². The molecule has 10 nitrogen and oxygen atoms in total. The first kappa shape index (κ1) is 34.2. The largest absolute Gasteiger partial charge is 0.481 e. The maximum Gasteiger partial charge on any atom is 0.303 e. The molecule has 12 heteroatoms. The third-order valence-corrected chi connectivity index (χ3v) is 9.62. The van der Waals surface area contributed by atoms with E-state index in [4.69, 9.17) is 0 Å². The third-order valence-electron chi connectivity index (χ3n) is 9.22. The van der Waals surface area contributed by atoms with E-state index in [0.29, 0.717) is 29.5 Å². The van der Waals surface area contributed by atoms with Gasteiger partial charge in [-0.3, -0.25) is 19.2 Å². The van der Waals surface area contributed by atoms with Crippen LogP contribution in [-0.4, -0.2) is 61.8 Å². The Kier molecular flexibility index (Phi) is 11.1. The van der Waals surface area contributed by atoms with Gasteiger partial charge in [0.2, 0.25) is 5.91 Å². The van der Waals surface area contributed by atoms with Gasteiger partial charge in [-0.05, 0) is 103 Å². The molecule has 2 aliphatic heterocycles. The van der Waals surface area contributed by atoms with E-state index >= 15 is 0 Å². The summed E-state index contributed by atoms with van der Waals surface area (Å²) < 4.78 is 0. The molecule has 2 aliphatic rings. The molecule has 0 spiro atoms. The Hall–Kier alpha value is -3.64. The molecule has 0 saturated carbocycles. The summed E-state index contributed by atoms with van der Waals surface area (Å²) in [6.07, 6.45) is 7.33. The lowest BCUT2D eigenvalue weighted by molar-refractivity contribution is -0.138. The van der Waals surface area contributed by atoms with E-state index in [1.807, 2.05) is 39.8 Å². The van der Waals surface area contributed by atoms with Gasteiger partial charge in [-0.25, -0.2) is 0 Å². The van der Waals surface area contributed by atoms with Gasteiger partial charge in [-0.15, -0.1) is 0 Å². The number of thiol groups is 2. The van der Waals surface area contributed by atoms with Crippen LogP contribution in [0.5, 0.6) is 0 Å². The molecule has 242 valence electrons. The number of hydrogen-bond acceptors (Lipinski definition) is 6. The Morgan fingerprint density at radius 2 is 1.60 bits per heavy atom. The molecule has 1 saturated heterocycles. The van der Waals surface area contributed by atoms with Crippen molar-refractivity contribution in [3.8, 4) is 0 Å². The van der Waals surface area contributed by atoms with Gasteiger partial charge in [0.1, 0.15) is 0 Å². The first-order chi connectivity index (χ1) is 21.4. The van der Waals surface area contributed by atoms with E-state index in [1.54, 1.807) is 6.08 Å². The standard InChI is InChI=1S/C33H42N4O6S2/c1-16-20(5-7-30(38)39)27(34-24(16)13-26-18(3)23(10-12-45)33(43)36-26)15-28-21(6-8-31(40)41)17(2)25(35-28)14-29-22(9-11-44)19(4)32(42)37-29/h10,12-13,15,19,22,26,29,34-35,44-45H,5-9,11,14H2,1-4H3,(H,36,43)(H,37,42)(H,38,39)(H,40,41)/b12-10+,24-13+,27-15-/t19-,22-,26-,29?/m1/s1. The summed E-state index contributed by atoms with van der Waals surface area (Å²) in [5.74, 6) is -1.29. The number of rotatable bonds is 13. The monoisotopic (exact) mass is 654 g/mol.